The van der Waals surface area contributed by atoms with E-state index >= 15 is 0 Å². The van der Waals surface area contributed by atoms with E-state index in [1.165, 1.54) is 12.4 Å². The Hall–Kier alpha value is -2.14. The van der Waals surface area contributed by atoms with Gasteiger partial charge in [-0.3, -0.25) is 4.79 Å². The number of rotatable bonds is 2. The second kappa shape index (κ2) is 5.46. The molecule has 6 heteroatoms. The van der Waals surface area contributed by atoms with Crippen LogP contribution in [0, 0.1) is 5.92 Å². The number of hydrogen-bond acceptors (Lipinski definition) is 4. The number of ether oxygens (including phenoxy) is 1. The molecule has 2 heterocycles. The van der Waals surface area contributed by atoms with Crippen LogP contribution in [-0.4, -0.2) is 22.5 Å². The first-order valence-electron chi connectivity index (χ1n) is 6.21. The molecule has 102 valence electrons. The Morgan fingerprint density at radius 2 is 2.20 bits per heavy atom. The summed E-state index contributed by atoms with van der Waals surface area (Å²) in [6.07, 6.45) is 1.96. The first kappa shape index (κ1) is 12.9. The molecule has 5 nitrogen and oxygen atoms in total. The number of hydrogen-bond donors (Lipinski definition) is 1. The van der Waals surface area contributed by atoms with Crippen LogP contribution in [0.3, 0.4) is 0 Å². The van der Waals surface area contributed by atoms with Gasteiger partial charge in [0, 0.05) is 6.07 Å². The van der Waals surface area contributed by atoms with E-state index < -0.39 is 0 Å². The second-order valence-corrected chi connectivity index (χ2v) is 4.92. The number of para-hydroxylation sites is 1. The molecule has 2 aromatic rings. The number of carbonyl (C=O) groups excluding carboxylic acids is 1. The van der Waals surface area contributed by atoms with Gasteiger partial charge >= 0.3 is 0 Å². The number of amides is 1. The molecular weight excluding hydrogens is 278 g/mol. The summed E-state index contributed by atoms with van der Waals surface area (Å²) in [4.78, 5) is 19.9. The van der Waals surface area contributed by atoms with Crippen molar-refractivity contribution in [1.29, 1.82) is 0 Å². The maximum atomic E-state index is 12.2. The molecule has 0 spiro atoms. The molecule has 20 heavy (non-hydrogen) atoms. The first-order valence-corrected chi connectivity index (χ1v) is 6.59. The number of benzene rings is 1. The fourth-order valence-electron chi connectivity index (χ4n) is 2.13. The van der Waals surface area contributed by atoms with Crippen LogP contribution in [0.2, 0.25) is 5.15 Å². The van der Waals surface area contributed by atoms with Crippen molar-refractivity contribution in [3.63, 3.8) is 0 Å². The van der Waals surface area contributed by atoms with Crippen molar-refractivity contribution in [2.75, 3.05) is 11.9 Å². The molecule has 0 saturated carbocycles. The number of halogens is 1. The fraction of sp³-hybridized carbons (Fsp3) is 0.214. The summed E-state index contributed by atoms with van der Waals surface area (Å²) in [7, 11) is 0. The molecule has 0 radical (unpaired) electrons. The van der Waals surface area contributed by atoms with Gasteiger partial charge in [0.25, 0.3) is 0 Å². The molecule has 0 fully saturated rings. The van der Waals surface area contributed by atoms with Gasteiger partial charge in [0.1, 0.15) is 29.7 Å². The quantitative estimate of drug-likeness (QED) is 0.862. The van der Waals surface area contributed by atoms with Gasteiger partial charge in [0.15, 0.2) is 0 Å². The van der Waals surface area contributed by atoms with Crippen LogP contribution >= 0.6 is 11.6 Å². The SMILES string of the molecule is O=C(Nc1cc(Cl)ncn1)C1COc2ccccc2C1. The lowest BCUT2D eigenvalue weighted by Crippen LogP contribution is -2.32. The summed E-state index contributed by atoms with van der Waals surface area (Å²) in [6.45, 7) is 0.363. The van der Waals surface area contributed by atoms with Crippen molar-refractivity contribution in [1.82, 2.24) is 9.97 Å². The molecule has 0 saturated heterocycles. The smallest absolute Gasteiger partial charge is 0.232 e. The van der Waals surface area contributed by atoms with E-state index in [0.717, 1.165) is 11.3 Å². The Morgan fingerprint density at radius 3 is 3.05 bits per heavy atom. The summed E-state index contributed by atoms with van der Waals surface area (Å²) in [6, 6.07) is 9.25. The third kappa shape index (κ3) is 2.72. The Morgan fingerprint density at radius 1 is 1.35 bits per heavy atom. The van der Waals surface area contributed by atoms with Gasteiger partial charge in [-0.2, -0.15) is 0 Å². The molecule has 1 aromatic carbocycles. The Labute approximate surface area is 121 Å². The van der Waals surface area contributed by atoms with Gasteiger partial charge in [0.05, 0.1) is 5.92 Å². The molecule has 1 amide bonds. The van der Waals surface area contributed by atoms with E-state index in [-0.39, 0.29) is 11.8 Å². The maximum Gasteiger partial charge on any atom is 0.232 e. The second-order valence-electron chi connectivity index (χ2n) is 4.53. The van der Waals surface area contributed by atoms with Crippen LogP contribution in [0.15, 0.2) is 36.7 Å². The third-order valence-electron chi connectivity index (χ3n) is 3.13. The molecular formula is C14H12ClN3O2. The normalized spacial score (nSPS) is 16.9. The Kier molecular flexibility index (Phi) is 3.52. The zero-order chi connectivity index (χ0) is 13.9. The standard InChI is InChI=1S/C14H12ClN3O2/c15-12-6-13(17-8-16-12)18-14(19)10-5-9-3-1-2-4-11(9)20-7-10/h1-4,6,8,10H,5,7H2,(H,16,17,18,19). The lowest BCUT2D eigenvalue weighted by molar-refractivity contribution is -0.121. The van der Waals surface area contributed by atoms with Crippen molar-refractivity contribution in [2.24, 2.45) is 5.92 Å². The number of nitrogens with one attached hydrogen (secondary N) is 1. The van der Waals surface area contributed by atoms with Crippen LogP contribution < -0.4 is 10.1 Å². The molecule has 1 aliphatic heterocycles. The van der Waals surface area contributed by atoms with Crippen molar-refractivity contribution in [3.8, 4) is 5.75 Å². The highest BCUT2D eigenvalue weighted by molar-refractivity contribution is 6.29. The molecule has 0 aliphatic carbocycles. The van der Waals surface area contributed by atoms with Gasteiger partial charge in [-0.15, -0.1) is 0 Å². The number of carbonyl (C=O) groups is 1. The fourth-order valence-corrected chi connectivity index (χ4v) is 2.27. The van der Waals surface area contributed by atoms with Gasteiger partial charge in [0.2, 0.25) is 5.91 Å². The summed E-state index contributed by atoms with van der Waals surface area (Å²) in [5.41, 5.74) is 1.04. The highest BCUT2D eigenvalue weighted by atomic mass is 35.5. The average molecular weight is 290 g/mol. The minimum Gasteiger partial charge on any atom is -0.492 e. The zero-order valence-electron chi connectivity index (χ0n) is 10.5. The number of fused-ring (bicyclic) bond motifs is 1. The van der Waals surface area contributed by atoms with E-state index in [9.17, 15) is 4.79 Å². The number of aromatic nitrogens is 2. The van der Waals surface area contributed by atoms with Crippen LogP contribution in [0.1, 0.15) is 5.56 Å². The maximum absolute atomic E-state index is 12.2. The highest BCUT2D eigenvalue weighted by Crippen LogP contribution is 2.27. The Balaban J connectivity index is 1.70. The average Bonchev–Trinajstić information content (AvgIpc) is 2.47. The first-order chi connectivity index (χ1) is 9.72. The molecule has 0 bridgehead atoms. The molecule has 1 aliphatic rings. The number of nitrogens with zero attached hydrogens (tertiary/aromatic N) is 2. The van der Waals surface area contributed by atoms with Crippen LogP contribution in [0.4, 0.5) is 5.82 Å². The predicted octanol–water partition coefficient (Wildman–Crippen LogP) is 2.32. The minimum absolute atomic E-state index is 0.130. The Bertz CT molecular complexity index is 648. The van der Waals surface area contributed by atoms with E-state index in [0.29, 0.717) is 24.0 Å². The minimum atomic E-state index is -0.237. The van der Waals surface area contributed by atoms with Crippen molar-refractivity contribution >= 4 is 23.3 Å². The van der Waals surface area contributed by atoms with Gasteiger partial charge in [-0.05, 0) is 18.1 Å². The largest absolute Gasteiger partial charge is 0.492 e. The zero-order valence-corrected chi connectivity index (χ0v) is 11.3. The van der Waals surface area contributed by atoms with E-state index in [4.69, 9.17) is 16.3 Å². The van der Waals surface area contributed by atoms with Crippen LogP contribution in [-0.2, 0) is 11.2 Å². The van der Waals surface area contributed by atoms with Gasteiger partial charge in [-0.1, -0.05) is 29.8 Å². The molecule has 1 N–H and O–H groups in total. The lowest BCUT2D eigenvalue weighted by atomic mass is 9.96. The third-order valence-corrected chi connectivity index (χ3v) is 3.34. The summed E-state index contributed by atoms with van der Waals surface area (Å²) >= 11 is 5.75. The molecule has 3 rings (SSSR count). The topological polar surface area (TPSA) is 64.1 Å². The van der Waals surface area contributed by atoms with Crippen LogP contribution in [0.5, 0.6) is 5.75 Å². The van der Waals surface area contributed by atoms with Gasteiger partial charge < -0.3 is 10.1 Å². The molecule has 1 atom stereocenters. The summed E-state index contributed by atoms with van der Waals surface area (Å²) in [5, 5.41) is 3.02. The van der Waals surface area contributed by atoms with Crippen molar-refractivity contribution in [3.05, 3.63) is 47.4 Å². The van der Waals surface area contributed by atoms with Crippen molar-refractivity contribution in [2.45, 2.75) is 6.42 Å². The van der Waals surface area contributed by atoms with Crippen molar-refractivity contribution < 1.29 is 9.53 Å². The predicted molar refractivity (Wildman–Crippen MR) is 74.8 cm³/mol. The van der Waals surface area contributed by atoms with E-state index in [1.807, 2.05) is 24.3 Å². The summed E-state index contributed by atoms with van der Waals surface area (Å²) < 4.78 is 5.60. The molecule has 1 unspecified atom stereocenters. The summed E-state index contributed by atoms with van der Waals surface area (Å²) in [5.74, 6) is 0.878. The highest BCUT2D eigenvalue weighted by Gasteiger charge is 2.26. The molecule has 1 aromatic heterocycles. The lowest BCUT2D eigenvalue weighted by Gasteiger charge is -2.24. The van der Waals surface area contributed by atoms with E-state index in [1.54, 1.807) is 0 Å². The number of anilines is 1. The monoisotopic (exact) mass is 289 g/mol. The van der Waals surface area contributed by atoms with Crippen LogP contribution in [0.25, 0.3) is 0 Å². The van der Waals surface area contributed by atoms with Gasteiger partial charge in [-0.25, -0.2) is 9.97 Å². The van der Waals surface area contributed by atoms with E-state index in [2.05, 4.69) is 15.3 Å².